The van der Waals surface area contributed by atoms with E-state index in [1.54, 1.807) is 6.07 Å². The van der Waals surface area contributed by atoms with E-state index >= 15 is 0 Å². The maximum atomic E-state index is 5.99. The van der Waals surface area contributed by atoms with Gasteiger partial charge in [-0.1, -0.05) is 51.8 Å². The third-order valence-electron chi connectivity index (χ3n) is 1.65. The fraction of sp³-hybridized carbons (Fsp3) is 0.200. The lowest BCUT2D eigenvalue weighted by atomic mass is 10.2. The minimum atomic E-state index is 0.656. The molecule has 0 spiro atoms. The van der Waals surface area contributed by atoms with E-state index in [-0.39, 0.29) is 0 Å². The predicted molar refractivity (Wildman–Crippen MR) is 66.2 cm³/mol. The molecule has 0 fully saturated rings. The second kappa shape index (κ2) is 5.76. The molecule has 4 heteroatoms. The molecule has 0 heterocycles. The summed E-state index contributed by atoms with van der Waals surface area (Å²) in [5.41, 5.74) is 1.03. The Labute approximate surface area is 102 Å². The van der Waals surface area contributed by atoms with Gasteiger partial charge in [-0.15, -0.1) is 0 Å². The van der Waals surface area contributed by atoms with Crippen LogP contribution in [0, 0.1) is 0 Å². The van der Waals surface area contributed by atoms with Crippen molar-refractivity contribution in [1.29, 1.82) is 0 Å². The lowest BCUT2D eigenvalue weighted by Crippen LogP contribution is -2.14. The van der Waals surface area contributed by atoms with Crippen LogP contribution in [0.1, 0.15) is 5.56 Å². The van der Waals surface area contributed by atoms with E-state index in [9.17, 15) is 0 Å². The van der Waals surface area contributed by atoms with Gasteiger partial charge in [-0.25, -0.2) is 0 Å². The minimum absolute atomic E-state index is 0.656. The van der Waals surface area contributed by atoms with Gasteiger partial charge in [0.25, 0.3) is 0 Å². The molecule has 0 aliphatic heterocycles. The highest BCUT2D eigenvalue weighted by molar-refractivity contribution is 9.11. The minimum Gasteiger partial charge on any atom is -0.308 e. The van der Waals surface area contributed by atoms with E-state index in [0.717, 1.165) is 16.6 Å². The van der Waals surface area contributed by atoms with Gasteiger partial charge in [0, 0.05) is 27.6 Å². The standard InChI is InChI=1S/C10H10BrCl2N/c1-7(11)5-14-6-8-2-3-9(12)4-10(8)13/h2-4,14H,1,5-6H2. The molecule has 0 radical (unpaired) electrons. The molecule has 0 aliphatic carbocycles. The van der Waals surface area contributed by atoms with Gasteiger partial charge < -0.3 is 5.32 Å². The third-order valence-corrected chi connectivity index (χ3v) is 2.51. The summed E-state index contributed by atoms with van der Waals surface area (Å²) in [5.74, 6) is 0. The maximum Gasteiger partial charge on any atom is 0.0465 e. The number of hydrogen-bond donors (Lipinski definition) is 1. The zero-order valence-electron chi connectivity index (χ0n) is 7.49. The molecule has 1 nitrogen and oxygen atoms in total. The Morgan fingerprint density at radius 1 is 1.43 bits per heavy atom. The van der Waals surface area contributed by atoms with Gasteiger partial charge in [-0.2, -0.15) is 0 Å². The summed E-state index contributed by atoms with van der Waals surface area (Å²) in [6.07, 6.45) is 0. The van der Waals surface area contributed by atoms with Crippen molar-refractivity contribution in [2.45, 2.75) is 6.54 Å². The molecule has 14 heavy (non-hydrogen) atoms. The second-order valence-electron chi connectivity index (χ2n) is 2.86. The van der Waals surface area contributed by atoms with E-state index in [0.29, 0.717) is 16.6 Å². The Hall–Kier alpha value is -0.0200. The molecular weight excluding hydrogens is 285 g/mol. The van der Waals surface area contributed by atoms with Crippen molar-refractivity contribution in [3.8, 4) is 0 Å². The first-order chi connectivity index (χ1) is 6.59. The van der Waals surface area contributed by atoms with E-state index < -0.39 is 0 Å². The SMILES string of the molecule is C=C(Br)CNCc1ccc(Cl)cc1Cl. The summed E-state index contributed by atoms with van der Waals surface area (Å²) in [5, 5.41) is 4.53. The molecule has 0 amide bonds. The summed E-state index contributed by atoms with van der Waals surface area (Å²) >= 11 is 15.0. The smallest absolute Gasteiger partial charge is 0.0465 e. The van der Waals surface area contributed by atoms with Gasteiger partial charge in [-0.05, 0) is 17.7 Å². The van der Waals surface area contributed by atoms with Crippen molar-refractivity contribution in [2.24, 2.45) is 0 Å². The van der Waals surface area contributed by atoms with Crippen LogP contribution in [-0.2, 0) is 6.54 Å². The first-order valence-corrected chi connectivity index (χ1v) is 5.62. The Morgan fingerprint density at radius 2 is 2.14 bits per heavy atom. The highest BCUT2D eigenvalue weighted by Crippen LogP contribution is 2.20. The Kier molecular flexibility index (Phi) is 4.96. The molecule has 0 aromatic heterocycles. The lowest BCUT2D eigenvalue weighted by molar-refractivity contribution is 0.757. The van der Waals surface area contributed by atoms with E-state index in [2.05, 4.69) is 27.8 Å². The van der Waals surface area contributed by atoms with Gasteiger partial charge in [0.2, 0.25) is 0 Å². The highest BCUT2D eigenvalue weighted by atomic mass is 79.9. The molecule has 0 saturated heterocycles. The van der Waals surface area contributed by atoms with Crippen LogP contribution in [0.4, 0.5) is 0 Å². The van der Waals surface area contributed by atoms with Crippen LogP contribution in [-0.4, -0.2) is 6.54 Å². The van der Waals surface area contributed by atoms with E-state index in [4.69, 9.17) is 23.2 Å². The fourth-order valence-corrected chi connectivity index (χ4v) is 1.67. The maximum absolute atomic E-state index is 5.99. The molecule has 76 valence electrons. The zero-order valence-corrected chi connectivity index (χ0v) is 10.6. The van der Waals surface area contributed by atoms with Crippen molar-refractivity contribution in [3.63, 3.8) is 0 Å². The van der Waals surface area contributed by atoms with Crippen LogP contribution in [0.15, 0.2) is 29.3 Å². The average Bonchev–Trinajstić information content (AvgIpc) is 2.08. The highest BCUT2D eigenvalue weighted by Gasteiger charge is 2.00. The van der Waals surface area contributed by atoms with Crippen molar-refractivity contribution >= 4 is 39.1 Å². The molecule has 1 N–H and O–H groups in total. The largest absolute Gasteiger partial charge is 0.308 e. The van der Waals surface area contributed by atoms with Crippen LogP contribution < -0.4 is 5.32 Å². The number of nitrogens with one attached hydrogen (secondary N) is 1. The predicted octanol–water partition coefficient (Wildman–Crippen LogP) is 3.99. The number of benzene rings is 1. The van der Waals surface area contributed by atoms with Crippen molar-refractivity contribution in [1.82, 2.24) is 5.32 Å². The number of rotatable bonds is 4. The zero-order chi connectivity index (χ0) is 10.6. The Balaban J connectivity index is 2.55. The van der Waals surface area contributed by atoms with Crippen LogP contribution in [0.5, 0.6) is 0 Å². The Bertz CT molecular complexity index is 339. The van der Waals surface area contributed by atoms with Gasteiger partial charge in [-0.3, -0.25) is 0 Å². The molecule has 0 bridgehead atoms. The molecule has 0 atom stereocenters. The summed E-state index contributed by atoms with van der Waals surface area (Å²) < 4.78 is 0.919. The monoisotopic (exact) mass is 293 g/mol. The summed E-state index contributed by atoms with van der Waals surface area (Å²) in [6.45, 7) is 5.15. The topological polar surface area (TPSA) is 12.0 Å². The lowest BCUT2D eigenvalue weighted by Gasteiger charge is -2.06. The van der Waals surface area contributed by atoms with Crippen molar-refractivity contribution < 1.29 is 0 Å². The van der Waals surface area contributed by atoms with Crippen LogP contribution in [0.25, 0.3) is 0 Å². The molecule has 1 aromatic carbocycles. The van der Waals surface area contributed by atoms with Crippen LogP contribution >= 0.6 is 39.1 Å². The molecule has 0 aliphatic rings. The first-order valence-electron chi connectivity index (χ1n) is 4.07. The van der Waals surface area contributed by atoms with Gasteiger partial charge in [0.15, 0.2) is 0 Å². The fourth-order valence-electron chi connectivity index (χ4n) is 0.998. The van der Waals surface area contributed by atoms with Crippen molar-refractivity contribution in [2.75, 3.05) is 6.54 Å². The van der Waals surface area contributed by atoms with Crippen LogP contribution in [0.3, 0.4) is 0 Å². The van der Waals surface area contributed by atoms with Gasteiger partial charge >= 0.3 is 0 Å². The molecule has 1 rings (SSSR count). The van der Waals surface area contributed by atoms with Gasteiger partial charge in [0.05, 0.1) is 0 Å². The second-order valence-corrected chi connectivity index (χ2v) is 4.82. The van der Waals surface area contributed by atoms with E-state index in [1.807, 2.05) is 12.1 Å². The number of halogens is 3. The quantitative estimate of drug-likeness (QED) is 0.885. The van der Waals surface area contributed by atoms with Gasteiger partial charge in [0.1, 0.15) is 0 Å². The normalized spacial score (nSPS) is 10.2. The molecule has 0 saturated carbocycles. The summed E-state index contributed by atoms with van der Waals surface area (Å²) in [6, 6.07) is 5.48. The van der Waals surface area contributed by atoms with E-state index in [1.165, 1.54) is 0 Å². The average molecular weight is 295 g/mol. The summed E-state index contributed by atoms with van der Waals surface area (Å²) in [7, 11) is 0. The first kappa shape index (κ1) is 12.1. The summed E-state index contributed by atoms with van der Waals surface area (Å²) in [4.78, 5) is 0. The Morgan fingerprint density at radius 3 is 2.71 bits per heavy atom. The van der Waals surface area contributed by atoms with Crippen molar-refractivity contribution in [3.05, 3.63) is 44.9 Å². The third kappa shape index (κ3) is 4.01. The number of hydrogen-bond acceptors (Lipinski definition) is 1. The molecule has 0 unspecified atom stereocenters. The molecular formula is C10H10BrCl2N. The van der Waals surface area contributed by atoms with Crippen LogP contribution in [0.2, 0.25) is 10.0 Å². The molecule has 1 aromatic rings.